The predicted octanol–water partition coefficient (Wildman–Crippen LogP) is 7.04. The summed E-state index contributed by atoms with van der Waals surface area (Å²) in [6.07, 6.45) is 5.22. The number of halogens is 4. The Morgan fingerprint density at radius 2 is 1.46 bits per heavy atom. The predicted molar refractivity (Wildman–Crippen MR) is 98.1 cm³/mol. The van der Waals surface area contributed by atoms with Crippen LogP contribution >= 0.6 is 0 Å². The van der Waals surface area contributed by atoms with E-state index in [0.717, 1.165) is 56.9 Å². The minimum atomic E-state index is -4.66. The first kappa shape index (κ1) is 20.7. The lowest BCUT2D eigenvalue weighted by Crippen LogP contribution is -2.25. The smallest absolute Gasteiger partial charge is 0.406 e. The third-order valence-corrected chi connectivity index (χ3v) is 6.33. The van der Waals surface area contributed by atoms with Crippen molar-refractivity contribution in [3.05, 3.63) is 41.7 Å². The lowest BCUT2D eigenvalue weighted by Gasteiger charge is -2.37. The molecule has 0 unspecified atom stereocenters. The van der Waals surface area contributed by atoms with Crippen LogP contribution < -0.4 is 4.74 Å². The molecule has 28 heavy (non-hydrogen) atoms. The molecule has 1 aromatic rings. The first-order chi connectivity index (χ1) is 13.3. The maximum Gasteiger partial charge on any atom is 0.573 e. The van der Waals surface area contributed by atoms with Gasteiger partial charge in [0.1, 0.15) is 11.8 Å². The number of nitrogens with zero attached hydrogens (tertiary/aromatic N) is 1. The van der Waals surface area contributed by atoms with Crippen molar-refractivity contribution in [3.8, 4) is 11.8 Å². The SMILES string of the molecule is N#CC(F)=C[C@H]1CC[C@H]([C@H]2CC[C@H](c3ccc(OC(F)(F)F)cc3)CC2)CC1. The lowest BCUT2D eigenvalue weighted by molar-refractivity contribution is -0.274. The fourth-order valence-corrected chi connectivity index (χ4v) is 4.89. The van der Waals surface area contributed by atoms with Gasteiger partial charge in [-0.1, -0.05) is 12.1 Å². The molecule has 0 heterocycles. The minimum Gasteiger partial charge on any atom is -0.406 e. The van der Waals surface area contributed by atoms with Gasteiger partial charge in [0.15, 0.2) is 5.83 Å². The zero-order valence-corrected chi connectivity index (χ0v) is 15.7. The van der Waals surface area contributed by atoms with Gasteiger partial charge in [-0.15, -0.1) is 13.2 Å². The number of nitriles is 1. The summed E-state index contributed by atoms with van der Waals surface area (Å²) in [4.78, 5) is 0. The molecule has 0 amide bonds. The third-order valence-electron chi connectivity index (χ3n) is 6.33. The molecule has 0 radical (unpaired) electrons. The number of rotatable bonds is 4. The Kier molecular flexibility index (Phi) is 6.64. The van der Waals surface area contributed by atoms with Crippen LogP contribution in [0, 0.1) is 29.1 Å². The highest BCUT2D eigenvalue weighted by Gasteiger charge is 2.32. The van der Waals surface area contributed by atoms with Crippen LogP contribution in [-0.4, -0.2) is 6.36 Å². The van der Waals surface area contributed by atoms with Crippen molar-refractivity contribution in [3.63, 3.8) is 0 Å². The number of benzene rings is 1. The fraction of sp³-hybridized carbons (Fsp3) is 0.591. The van der Waals surface area contributed by atoms with Gasteiger partial charge in [0.25, 0.3) is 0 Å². The number of allylic oxidation sites excluding steroid dienone is 2. The van der Waals surface area contributed by atoms with Gasteiger partial charge in [-0.05, 0) is 98.8 Å². The molecule has 152 valence electrons. The van der Waals surface area contributed by atoms with E-state index in [-0.39, 0.29) is 11.7 Å². The Hall–Kier alpha value is -2.03. The van der Waals surface area contributed by atoms with Gasteiger partial charge in [0.2, 0.25) is 0 Å². The topological polar surface area (TPSA) is 33.0 Å². The monoisotopic (exact) mass is 395 g/mol. The van der Waals surface area contributed by atoms with Crippen LogP contribution in [0.15, 0.2) is 36.2 Å². The van der Waals surface area contributed by atoms with Crippen LogP contribution in [0.5, 0.6) is 5.75 Å². The Balaban J connectivity index is 1.47. The zero-order valence-electron chi connectivity index (χ0n) is 15.7. The van der Waals surface area contributed by atoms with E-state index < -0.39 is 12.2 Å². The summed E-state index contributed by atoms with van der Waals surface area (Å²) in [6.45, 7) is 0. The maximum absolute atomic E-state index is 13.1. The average molecular weight is 395 g/mol. The lowest BCUT2D eigenvalue weighted by atomic mass is 9.68. The highest BCUT2D eigenvalue weighted by Crippen LogP contribution is 2.44. The maximum atomic E-state index is 13.1. The van der Waals surface area contributed by atoms with Crippen LogP contribution in [0.4, 0.5) is 17.6 Å². The van der Waals surface area contributed by atoms with Gasteiger partial charge in [0, 0.05) is 0 Å². The quantitative estimate of drug-likeness (QED) is 0.404. The molecule has 2 saturated carbocycles. The summed E-state index contributed by atoms with van der Waals surface area (Å²) >= 11 is 0. The van der Waals surface area contributed by atoms with E-state index in [9.17, 15) is 17.6 Å². The summed E-state index contributed by atoms with van der Waals surface area (Å²) < 4.78 is 53.8. The van der Waals surface area contributed by atoms with E-state index in [2.05, 4.69) is 4.74 Å². The molecule has 0 aromatic heterocycles. The fourth-order valence-electron chi connectivity index (χ4n) is 4.89. The number of alkyl halides is 3. The van der Waals surface area contributed by atoms with Gasteiger partial charge in [-0.2, -0.15) is 9.65 Å². The van der Waals surface area contributed by atoms with Crippen molar-refractivity contribution in [1.29, 1.82) is 5.26 Å². The van der Waals surface area contributed by atoms with Crippen molar-refractivity contribution >= 4 is 0 Å². The third kappa shape index (κ3) is 5.73. The summed E-state index contributed by atoms with van der Waals surface area (Å²) in [5, 5.41) is 8.55. The van der Waals surface area contributed by atoms with E-state index >= 15 is 0 Å². The van der Waals surface area contributed by atoms with Crippen molar-refractivity contribution in [2.45, 2.75) is 63.6 Å². The molecule has 2 aliphatic rings. The molecule has 1 aromatic carbocycles. The standard InChI is InChI=1S/C22H25F4NO/c23-20(14-27)13-15-1-3-16(4-2-15)17-5-7-18(8-6-17)19-9-11-21(12-10-19)28-22(24,25)26/h9-13,15-18H,1-8H2/t15-,16-,17-,18-. The molecule has 2 nitrogen and oxygen atoms in total. The van der Waals surface area contributed by atoms with E-state index in [1.54, 1.807) is 18.2 Å². The van der Waals surface area contributed by atoms with Crippen molar-refractivity contribution in [1.82, 2.24) is 0 Å². The van der Waals surface area contributed by atoms with E-state index in [1.165, 1.54) is 18.2 Å². The van der Waals surface area contributed by atoms with Crippen LogP contribution in [0.1, 0.15) is 62.8 Å². The highest BCUT2D eigenvalue weighted by atomic mass is 19.4. The van der Waals surface area contributed by atoms with Gasteiger partial charge in [0.05, 0.1) is 0 Å². The molecular formula is C22H25F4NO. The molecule has 2 fully saturated rings. The molecular weight excluding hydrogens is 370 g/mol. The average Bonchev–Trinajstić information content (AvgIpc) is 2.68. The van der Waals surface area contributed by atoms with Crippen LogP contribution in [0.2, 0.25) is 0 Å². The number of hydrogen-bond donors (Lipinski definition) is 0. The van der Waals surface area contributed by atoms with Gasteiger partial charge >= 0.3 is 6.36 Å². The van der Waals surface area contributed by atoms with Gasteiger partial charge in [-0.25, -0.2) is 0 Å². The normalized spacial score (nSPS) is 29.2. The van der Waals surface area contributed by atoms with Crippen LogP contribution in [0.25, 0.3) is 0 Å². The van der Waals surface area contributed by atoms with Gasteiger partial charge < -0.3 is 4.74 Å². The zero-order chi connectivity index (χ0) is 20.1. The summed E-state index contributed by atoms with van der Waals surface area (Å²) in [5.74, 6) is 1.07. The van der Waals surface area contributed by atoms with E-state index in [1.807, 2.05) is 0 Å². The van der Waals surface area contributed by atoms with Crippen LogP contribution in [0.3, 0.4) is 0 Å². The molecule has 3 rings (SSSR count). The van der Waals surface area contributed by atoms with E-state index in [0.29, 0.717) is 17.8 Å². The van der Waals surface area contributed by atoms with Gasteiger partial charge in [-0.3, -0.25) is 0 Å². The van der Waals surface area contributed by atoms with Crippen molar-refractivity contribution in [2.24, 2.45) is 17.8 Å². The highest BCUT2D eigenvalue weighted by molar-refractivity contribution is 5.30. The van der Waals surface area contributed by atoms with Crippen molar-refractivity contribution in [2.75, 3.05) is 0 Å². The molecule has 0 aliphatic heterocycles. The number of ether oxygens (including phenoxy) is 1. The molecule has 6 heteroatoms. The summed E-state index contributed by atoms with van der Waals surface area (Å²) in [5.41, 5.74) is 1.08. The molecule has 0 saturated heterocycles. The Labute approximate surface area is 163 Å². The largest absolute Gasteiger partial charge is 0.573 e. The first-order valence-corrected chi connectivity index (χ1v) is 9.97. The minimum absolute atomic E-state index is 0.177. The molecule has 0 N–H and O–H groups in total. The Morgan fingerprint density at radius 3 is 1.96 bits per heavy atom. The van der Waals surface area contributed by atoms with E-state index in [4.69, 9.17) is 5.26 Å². The number of hydrogen-bond acceptors (Lipinski definition) is 2. The second kappa shape index (κ2) is 8.98. The molecule has 2 aliphatic carbocycles. The Bertz CT molecular complexity index is 704. The van der Waals surface area contributed by atoms with Crippen LogP contribution in [-0.2, 0) is 0 Å². The Morgan fingerprint density at radius 1 is 0.929 bits per heavy atom. The molecule has 0 atom stereocenters. The first-order valence-electron chi connectivity index (χ1n) is 9.97. The second-order valence-electron chi connectivity index (χ2n) is 8.03. The molecule has 0 bridgehead atoms. The second-order valence-corrected chi connectivity index (χ2v) is 8.03. The van der Waals surface area contributed by atoms with Crippen molar-refractivity contribution < 1.29 is 22.3 Å². The molecule has 0 spiro atoms. The summed E-state index contributed by atoms with van der Waals surface area (Å²) in [7, 11) is 0. The summed E-state index contributed by atoms with van der Waals surface area (Å²) in [6, 6.07) is 7.83.